The molecule has 4 N–H and O–H groups in total. The number of aryl methyl sites for hydroxylation is 1. The van der Waals surface area contributed by atoms with Crippen LogP contribution in [0.25, 0.3) is 0 Å². The maximum absolute atomic E-state index is 11.5. The molecule has 0 unspecified atom stereocenters. The highest BCUT2D eigenvalue weighted by molar-refractivity contribution is 7.99. The van der Waals surface area contributed by atoms with E-state index in [0.29, 0.717) is 17.0 Å². The minimum Gasteiger partial charge on any atom is -0.409 e. The molecule has 1 rings (SSSR count). The maximum atomic E-state index is 11.5. The summed E-state index contributed by atoms with van der Waals surface area (Å²) >= 11 is 1.45. The van der Waals surface area contributed by atoms with E-state index in [0.717, 1.165) is 5.56 Å². The highest BCUT2D eigenvalue weighted by Crippen LogP contribution is 2.17. The topological polar surface area (TPSA) is 87.7 Å². The van der Waals surface area contributed by atoms with E-state index in [2.05, 4.69) is 10.5 Å². The number of amides is 1. The van der Waals surface area contributed by atoms with Crippen LogP contribution in [0.1, 0.15) is 11.1 Å². The first-order valence-electron chi connectivity index (χ1n) is 4.95. The number of amidine groups is 1. The molecule has 0 heterocycles. The number of hydrogen-bond donors (Lipinski definition) is 3. The molecule has 1 aromatic rings. The number of nitrogens with one attached hydrogen (secondary N) is 1. The molecular formula is C11H15N3O2S. The van der Waals surface area contributed by atoms with Crippen LogP contribution in [0, 0.1) is 6.92 Å². The zero-order valence-corrected chi connectivity index (χ0v) is 10.5. The molecule has 0 saturated heterocycles. The Morgan fingerprint density at radius 3 is 2.88 bits per heavy atom. The minimum absolute atomic E-state index is 0.0189. The average molecular weight is 253 g/mol. The Kier molecular flexibility index (Phi) is 4.84. The number of hydrogen-bond acceptors (Lipinski definition) is 4. The first kappa shape index (κ1) is 13.4. The Morgan fingerprint density at radius 2 is 2.29 bits per heavy atom. The van der Waals surface area contributed by atoms with Gasteiger partial charge in [0, 0.05) is 11.3 Å². The van der Waals surface area contributed by atoms with Crippen molar-refractivity contribution in [2.75, 3.05) is 17.3 Å². The van der Waals surface area contributed by atoms with Crippen molar-refractivity contribution in [3.8, 4) is 0 Å². The van der Waals surface area contributed by atoms with Gasteiger partial charge in [-0.05, 0) is 24.8 Å². The molecule has 92 valence electrons. The Balaban J connectivity index is 2.95. The zero-order chi connectivity index (χ0) is 12.8. The lowest BCUT2D eigenvalue weighted by Gasteiger charge is -2.09. The number of oxime groups is 1. The summed E-state index contributed by atoms with van der Waals surface area (Å²) in [7, 11) is 0. The van der Waals surface area contributed by atoms with Crippen LogP contribution in [-0.2, 0) is 4.79 Å². The number of nitrogens with two attached hydrogens (primary N) is 1. The summed E-state index contributed by atoms with van der Waals surface area (Å²) in [5, 5.41) is 14.3. The third-order valence-corrected chi connectivity index (χ3v) is 2.74. The number of anilines is 1. The maximum Gasteiger partial charge on any atom is 0.234 e. The van der Waals surface area contributed by atoms with Gasteiger partial charge in [0.05, 0.1) is 5.75 Å². The number of benzene rings is 1. The van der Waals surface area contributed by atoms with Gasteiger partial charge in [0.15, 0.2) is 5.84 Å². The van der Waals surface area contributed by atoms with Crippen LogP contribution in [0.2, 0.25) is 0 Å². The predicted octanol–water partition coefficient (Wildman–Crippen LogP) is 1.39. The Morgan fingerprint density at radius 1 is 1.59 bits per heavy atom. The molecule has 0 aliphatic carbocycles. The van der Waals surface area contributed by atoms with Crippen LogP contribution < -0.4 is 11.1 Å². The molecule has 0 spiro atoms. The summed E-state index contributed by atoms with van der Waals surface area (Å²) in [5.41, 5.74) is 7.65. The fourth-order valence-corrected chi connectivity index (χ4v) is 1.63. The Hall–Kier alpha value is -1.69. The van der Waals surface area contributed by atoms with Gasteiger partial charge < -0.3 is 16.3 Å². The minimum atomic E-state index is -0.0720. The largest absolute Gasteiger partial charge is 0.409 e. The fourth-order valence-electron chi connectivity index (χ4n) is 1.29. The molecule has 0 aliphatic heterocycles. The fraction of sp³-hybridized carbons (Fsp3) is 0.273. The third-order valence-electron chi connectivity index (χ3n) is 2.19. The van der Waals surface area contributed by atoms with E-state index >= 15 is 0 Å². The SMILES string of the molecule is CSCC(=O)Nc1cc(C(N)=NO)ccc1C. The lowest BCUT2D eigenvalue weighted by molar-refractivity contribution is -0.113. The van der Waals surface area contributed by atoms with Gasteiger partial charge in [-0.3, -0.25) is 4.79 Å². The Bertz CT molecular complexity index is 446. The second-order valence-corrected chi connectivity index (χ2v) is 4.36. The molecule has 0 saturated carbocycles. The van der Waals surface area contributed by atoms with Crippen LogP contribution in [-0.4, -0.2) is 29.0 Å². The van der Waals surface area contributed by atoms with E-state index in [-0.39, 0.29) is 11.7 Å². The van der Waals surface area contributed by atoms with Gasteiger partial charge in [0.2, 0.25) is 5.91 Å². The van der Waals surface area contributed by atoms with E-state index in [1.807, 2.05) is 19.2 Å². The summed E-state index contributed by atoms with van der Waals surface area (Å²) in [6.07, 6.45) is 1.86. The monoisotopic (exact) mass is 253 g/mol. The number of thioether (sulfide) groups is 1. The average Bonchev–Trinajstić information content (AvgIpc) is 2.31. The van der Waals surface area contributed by atoms with E-state index in [1.165, 1.54) is 11.8 Å². The van der Waals surface area contributed by atoms with Gasteiger partial charge in [0.1, 0.15) is 0 Å². The normalized spacial score (nSPS) is 11.3. The lowest BCUT2D eigenvalue weighted by atomic mass is 10.1. The Labute approximate surface area is 104 Å². The smallest absolute Gasteiger partial charge is 0.234 e. The van der Waals surface area contributed by atoms with Crippen molar-refractivity contribution in [3.05, 3.63) is 29.3 Å². The quantitative estimate of drug-likeness (QED) is 0.327. The molecule has 0 fully saturated rings. The van der Waals surface area contributed by atoms with Gasteiger partial charge in [-0.1, -0.05) is 17.3 Å². The van der Waals surface area contributed by atoms with Crippen molar-refractivity contribution < 1.29 is 10.0 Å². The van der Waals surface area contributed by atoms with Crippen LogP contribution in [0.5, 0.6) is 0 Å². The number of nitrogens with zero attached hydrogens (tertiary/aromatic N) is 1. The first-order valence-corrected chi connectivity index (χ1v) is 6.35. The second kappa shape index (κ2) is 6.15. The standard InChI is InChI=1S/C11H15N3O2S/c1-7-3-4-8(11(12)14-16)5-9(7)13-10(15)6-17-2/h3-5,16H,6H2,1-2H3,(H2,12,14)(H,13,15). The first-order chi connectivity index (χ1) is 8.08. The molecule has 1 amide bonds. The molecular weight excluding hydrogens is 238 g/mol. The summed E-state index contributed by atoms with van der Waals surface area (Å²) in [4.78, 5) is 11.5. The molecule has 0 aromatic heterocycles. The molecule has 0 atom stereocenters. The summed E-state index contributed by atoms with van der Waals surface area (Å²) in [5.74, 6) is 0.343. The zero-order valence-electron chi connectivity index (χ0n) is 9.73. The van der Waals surface area contributed by atoms with E-state index in [4.69, 9.17) is 10.9 Å². The van der Waals surface area contributed by atoms with Gasteiger partial charge in [0.25, 0.3) is 0 Å². The van der Waals surface area contributed by atoms with Crippen molar-refractivity contribution in [1.82, 2.24) is 0 Å². The lowest BCUT2D eigenvalue weighted by Crippen LogP contribution is -2.17. The van der Waals surface area contributed by atoms with E-state index in [1.54, 1.807) is 12.1 Å². The second-order valence-electron chi connectivity index (χ2n) is 3.50. The van der Waals surface area contributed by atoms with E-state index < -0.39 is 0 Å². The summed E-state index contributed by atoms with van der Waals surface area (Å²) in [6, 6.07) is 5.22. The molecule has 5 nitrogen and oxygen atoms in total. The number of rotatable bonds is 4. The van der Waals surface area contributed by atoms with E-state index in [9.17, 15) is 4.79 Å². The van der Waals surface area contributed by atoms with Crippen molar-refractivity contribution in [2.24, 2.45) is 10.9 Å². The number of carbonyl (C=O) groups excluding carboxylic acids is 1. The summed E-state index contributed by atoms with van der Waals surface area (Å²) in [6.45, 7) is 1.88. The molecule has 17 heavy (non-hydrogen) atoms. The van der Waals surface area contributed by atoms with Gasteiger partial charge in [-0.25, -0.2) is 0 Å². The molecule has 0 aliphatic rings. The van der Waals surface area contributed by atoms with Crippen LogP contribution in [0.3, 0.4) is 0 Å². The van der Waals surface area contributed by atoms with Gasteiger partial charge in [-0.2, -0.15) is 11.8 Å². The predicted molar refractivity (Wildman–Crippen MR) is 70.7 cm³/mol. The van der Waals surface area contributed by atoms with Crippen molar-refractivity contribution in [1.29, 1.82) is 0 Å². The highest BCUT2D eigenvalue weighted by Gasteiger charge is 2.07. The van der Waals surface area contributed by atoms with Crippen LogP contribution in [0.4, 0.5) is 5.69 Å². The van der Waals surface area contributed by atoms with Crippen molar-refractivity contribution in [2.45, 2.75) is 6.92 Å². The third kappa shape index (κ3) is 3.67. The van der Waals surface area contributed by atoms with Crippen molar-refractivity contribution in [3.63, 3.8) is 0 Å². The van der Waals surface area contributed by atoms with Crippen LogP contribution >= 0.6 is 11.8 Å². The van der Waals surface area contributed by atoms with Gasteiger partial charge >= 0.3 is 0 Å². The van der Waals surface area contributed by atoms with Crippen molar-refractivity contribution >= 4 is 29.2 Å². The molecule has 0 radical (unpaired) electrons. The van der Waals surface area contributed by atoms with Crippen LogP contribution in [0.15, 0.2) is 23.4 Å². The molecule has 1 aromatic carbocycles. The van der Waals surface area contributed by atoms with Gasteiger partial charge in [-0.15, -0.1) is 0 Å². The number of carbonyl (C=O) groups is 1. The molecule has 6 heteroatoms. The molecule has 0 bridgehead atoms. The highest BCUT2D eigenvalue weighted by atomic mass is 32.2. The summed E-state index contributed by atoms with van der Waals surface area (Å²) < 4.78 is 0.